The summed E-state index contributed by atoms with van der Waals surface area (Å²) in [7, 11) is 0. The van der Waals surface area contributed by atoms with E-state index in [0.717, 1.165) is 73.6 Å². The quantitative estimate of drug-likeness (QED) is 0.133. The second kappa shape index (κ2) is 13.1. The van der Waals surface area contributed by atoms with Gasteiger partial charge in [-0.3, -0.25) is 4.31 Å². The van der Waals surface area contributed by atoms with E-state index in [1.54, 1.807) is 11.9 Å². The number of hydrogen-bond donors (Lipinski definition) is 0. The molecule has 12 rings (SSSR count). The van der Waals surface area contributed by atoms with E-state index in [2.05, 4.69) is 170 Å². The van der Waals surface area contributed by atoms with Gasteiger partial charge in [-0.25, -0.2) is 0 Å². The summed E-state index contributed by atoms with van der Waals surface area (Å²) >= 11 is 1.72. The highest BCUT2D eigenvalue weighted by Gasteiger charge is 2.47. The zero-order valence-corrected chi connectivity index (χ0v) is 37.8. The van der Waals surface area contributed by atoms with Crippen molar-refractivity contribution in [1.82, 2.24) is 0 Å². The summed E-state index contributed by atoms with van der Waals surface area (Å²) in [5.74, 6) is 7.17. The van der Waals surface area contributed by atoms with Crippen molar-refractivity contribution in [3.63, 3.8) is 0 Å². The van der Waals surface area contributed by atoms with E-state index in [0.29, 0.717) is 0 Å². The van der Waals surface area contributed by atoms with Gasteiger partial charge in [-0.2, -0.15) is 0 Å². The number of ether oxygens (including phenoxy) is 4. The minimum atomic E-state index is -0.130. The second-order valence-corrected chi connectivity index (χ2v) is 20.0. The molecule has 0 atom stereocenters. The van der Waals surface area contributed by atoms with Crippen molar-refractivity contribution >= 4 is 92.6 Å². The third kappa shape index (κ3) is 5.39. The van der Waals surface area contributed by atoms with Gasteiger partial charge in [-0.15, -0.1) is 0 Å². The first-order valence-corrected chi connectivity index (χ1v) is 23.0. The minimum absolute atomic E-state index is 0.0226. The van der Waals surface area contributed by atoms with Crippen LogP contribution in [0.1, 0.15) is 59.7 Å². The second-order valence-electron chi connectivity index (χ2n) is 19.3. The van der Waals surface area contributed by atoms with Crippen LogP contribution in [0.4, 0.5) is 11.4 Å². The van der Waals surface area contributed by atoms with E-state index in [-0.39, 0.29) is 25.6 Å². The molecule has 5 heterocycles. The molecule has 0 saturated heterocycles. The maximum Gasteiger partial charge on any atom is 0.260 e. The average molecular weight is 825 g/mol. The number of anilines is 2. The Bertz CT molecular complexity index is 3170. The Hall–Kier alpha value is -5.92. The average Bonchev–Trinajstić information content (AvgIpc) is 3.21. The van der Waals surface area contributed by atoms with Crippen LogP contribution in [0.2, 0.25) is 0 Å². The summed E-state index contributed by atoms with van der Waals surface area (Å²) in [6.45, 7) is 19.7. The van der Waals surface area contributed by atoms with Crippen LogP contribution >= 0.6 is 11.9 Å². The van der Waals surface area contributed by atoms with Crippen LogP contribution in [-0.2, 0) is 5.41 Å². The van der Waals surface area contributed by atoms with Gasteiger partial charge in [0, 0.05) is 17.8 Å². The van der Waals surface area contributed by atoms with E-state index in [1.807, 2.05) is 0 Å². The number of nitrogens with zero attached hydrogens (tertiary/aromatic N) is 1. The maximum atomic E-state index is 7.08. The number of benzene rings is 7. The molecule has 0 bridgehead atoms. The van der Waals surface area contributed by atoms with Crippen molar-refractivity contribution in [2.24, 2.45) is 0 Å². The fraction of sp³-hybridized carbons (Fsp3) is 0.208. The molecule has 0 aliphatic carbocycles. The molecule has 0 N–H and O–H groups in total. The van der Waals surface area contributed by atoms with E-state index in [1.165, 1.54) is 71.8 Å². The van der Waals surface area contributed by atoms with Gasteiger partial charge in [-0.1, -0.05) is 85.4 Å². The highest BCUT2D eigenvalue weighted by Crippen LogP contribution is 2.43. The molecule has 5 nitrogen and oxygen atoms in total. The molecule has 5 aliphatic heterocycles. The summed E-state index contributed by atoms with van der Waals surface area (Å²) in [5.41, 5.74) is 21.4. The molecule has 0 amide bonds. The van der Waals surface area contributed by atoms with Crippen LogP contribution in [0.5, 0.6) is 46.0 Å². The van der Waals surface area contributed by atoms with Gasteiger partial charge in [0.05, 0.1) is 11.4 Å². The Kier molecular flexibility index (Phi) is 7.96. The Morgan fingerprint density at radius 2 is 0.919 bits per heavy atom. The van der Waals surface area contributed by atoms with Gasteiger partial charge in [0.25, 0.3) is 20.1 Å². The third-order valence-electron chi connectivity index (χ3n) is 13.8. The van der Waals surface area contributed by atoms with Crippen LogP contribution < -0.4 is 72.4 Å². The summed E-state index contributed by atoms with van der Waals surface area (Å²) < 4.78 is 30.0. The number of hydrogen-bond acceptors (Lipinski definition) is 6. The van der Waals surface area contributed by atoms with Crippen molar-refractivity contribution in [3.8, 4) is 46.0 Å². The fourth-order valence-corrected chi connectivity index (χ4v) is 11.8. The van der Waals surface area contributed by atoms with Crippen LogP contribution in [0.3, 0.4) is 0 Å². The van der Waals surface area contributed by atoms with Gasteiger partial charge in [0.15, 0.2) is 0 Å². The first-order chi connectivity index (χ1) is 29.7. The zero-order valence-electron chi connectivity index (χ0n) is 37.0. The number of aryl methyl sites for hydroxylation is 6. The Morgan fingerprint density at radius 3 is 1.60 bits per heavy atom. The molecule has 7 aromatic rings. The molecule has 302 valence electrons. The molecule has 62 heavy (non-hydrogen) atoms. The lowest BCUT2D eigenvalue weighted by Gasteiger charge is -2.41. The lowest BCUT2D eigenvalue weighted by atomic mass is 9.30. The number of fused-ring (bicyclic) bond motifs is 10. The van der Waals surface area contributed by atoms with E-state index in [4.69, 9.17) is 18.9 Å². The Labute approximate surface area is 370 Å². The molecular formula is C53H46B3NO4S. The fourth-order valence-electron chi connectivity index (χ4n) is 11.1. The lowest BCUT2D eigenvalue weighted by molar-refractivity contribution is 0.464. The van der Waals surface area contributed by atoms with Crippen molar-refractivity contribution in [2.45, 2.75) is 67.7 Å². The third-order valence-corrected chi connectivity index (χ3v) is 14.6. The lowest BCUT2D eigenvalue weighted by Crippen LogP contribution is -2.63. The van der Waals surface area contributed by atoms with Crippen molar-refractivity contribution in [2.75, 3.05) is 10.6 Å². The van der Waals surface area contributed by atoms with Crippen LogP contribution in [0, 0.1) is 41.5 Å². The van der Waals surface area contributed by atoms with Gasteiger partial charge in [0.2, 0.25) is 0 Å². The first-order valence-electron chi connectivity index (χ1n) is 21.8. The highest BCUT2D eigenvalue weighted by molar-refractivity contribution is 8.00. The maximum absolute atomic E-state index is 7.08. The summed E-state index contributed by atoms with van der Waals surface area (Å²) in [6, 6.07) is 36.3. The molecule has 5 aliphatic rings. The normalized spacial score (nSPS) is 14.4. The van der Waals surface area contributed by atoms with Gasteiger partial charge in [0.1, 0.15) is 46.0 Å². The van der Waals surface area contributed by atoms with E-state index in [9.17, 15) is 0 Å². The van der Waals surface area contributed by atoms with Crippen molar-refractivity contribution < 1.29 is 18.9 Å². The zero-order chi connectivity index (χ0) is 42.7. The van der Waals surface area contributed by atoms with Crippen LogP contribution in [-0.4, -0.2) is 26.4 Å². The number of rotatable bonds is 2. The van der Waals surface area contributed by atoms with Crippen LogP contribution in [0.15, 0.2) is 97.1 Å². The van der Waals surface area contributed by atoms with E-state index >= 15 is 0 Å². The standard InChI is InChI=1S/C53H46B3NO4S/c1-27-11-13-42-36(16-27)54(50-32(6)15-28(2)18-46(50)58-42)34-24-38-44(22-31(34)5)60-48-20-30(4)21-49-52(48)56(38)39-25-35-40(26-45(39)61-49)57(62-10)41-17-29(3)19-47-51(41)55(35)37-23-33(53(7,8)9)12-14-43(37)59-47/h11-26H,1-10H3. The Balaban J connectivity index is 1.12. The van der Waals surface area contributed by atoms with Crippen LogP contribution in [0.25, 0.3) is 0 Å². The topological polar surface area (TPSA) is 40.2 Å². The molecule has 9 heteroatoms. The summed E-state index contributed by atoms with van der Waals surface area (Å²) in [4.78, 5) is 0. The van der Waals surface area contributed by atoms with Gasteiger partial charge < -0.3 is 18.9 Å². The molecule has 0 spiro atoms. The van der Waals surface area contributed by atoms with Crippen molar-refractivity contribution in [3.05, 3.63) is 136 Å². The smallest absolute Gasteiger partial charge is 0.260 e. The molecule has 0 fully saturated rings. The molecule has 0 radical (unpaired) electrons. The van der Waals surface area contributed by atoms with E-state index < -0.39 is 0 Å². The molecule has 0 saturated carbocycles. The molecule has 0 unspecified atom stereocenters. The van der Waals surface area contributed by atoms with Gasteiger partial charge in [-0.05, 0) is 168 Å². The Morgan fingerprint density at radius 1 is 0.403 bits per heavy atom. The molecule has 7 aromatic carbocycles. The van der Waals surface area contributed by atoms with Crippen molar-refractivity contribution in [1.29, 1.82) is 0 Å². The highest BCUT2D eigenvalue weighted by atomic mass is 32.2. The monoisotopic (exact) mass is 825 g/mol. The predicted octanol–water partition coefficient (Wildman–Crippen LogP) is 7.54. The summed E-state index contributed by atoms with van der Waals surface area (Å²) in [5, 5.41) is 0. The molecule has 0 aromatic heterocycles. The predicted molar refractivity (Wildman–Crippen MR) is 262 cm³/mol. The minimum Gasteiger partial charge on any atom is -0.458 e. The largest absolute Gasteiger partial charge is 0.458 e. The van der Waals surface area contributed by atoms with Gasteiger partial charge >= 0.3 is 0 Å². The SMILES string of the molecule is CSN1c2cc3c(cc2B2c4cc(C(C)(C)C)ccc4Oc4cc(C)cc1c42)B1c2cc(B4c5cc(C)ccc5Oc5cc(C)cc(C)c54)c(C)cc2Oc2cc(C)cc(c21)O3. The first kappa shape index (κ1) is 37.8. The molecular weight excluding hydrogens is 779 g/mol. The summed E-state index contributed by atoms with van der Waals surface area (Å²) in [6.07, 6.45) is 2.16.